The van der Waals surface area contributed by atoms with Gasteiger partial charge in [-0.2, -0.15) is 0 Å². The van der Waals surface area contributed by atoms with Crippen molar-refractivity contribution >= 4 is 5.91 Å². The van der Waals surface area contributed by atoms with Crippen LogP contribution in [0.25, 0.3) is 0 Å². The second-order valence-corrected chi connectivity index (χ2v) is 8.55. The van der Waals surface area contributed by atoms with Gasteiger partial charge in [0.2, 0.25) is 12.7 Å². The minimum absolute atomic E-state index is 0.00217. The van der Waals surface area contributed by atoms with Gasteiger partial charge < -0.3 is 24.3 Å². The number of hydrogen-bond donors (Lipinski definition) is 1. The first-order chi connectivity index (χ1) is 15.6. The van der Waals surface area contributed by atoms with Crippen molar-refractivity contribution in [1.29, 1.82) is 0 Å². The average molecular weight is 441 g/mol. The first-order valence-electron chi connectivity index (χ1n) is 11.2. The van der Waals surface area contributed by atoms with E-state index in [1.54, 1.807) is 7.11 Å². The van der Waals surface area contributed by atoms with Gasteiger partial charge in [-0.1, -0.05) is 29.8 Å². The Bertz CT molecular complexity index is 917. The van der Waals surface area contributed by atoms with Gasteiger partial charge >= 0.3 is 0 Å². The molecular formula is C25H32N2O5. The van der Waals surface area contributed by atoms with E-state index in [1.807, 2.05) is 42.5 Å². The van der Waals surface area contributed by atoms with Crippen LogP contribution < -0.4 is 19.5 Å². The van der Waals surface area contributed by atoms with Gasteiger partial charge in [0.05, 0.1) is 6.54 Å². The van der Waals surface area contributed by atoms with Crippen LogP contribution in [0.1, 0.15) is 30.4 Å². The normalized spacial score (nSPS) is 20.6. The number of rotatable bonds is 8. The van der Waals surface area contributed by atoms with Crippen LogP contribution in [-0.2, 0) is 16.1 Å². The first kappa shape index (κ1) is 22.4. The van der Waals surface area contributed by atoms with Gasteiger partial charge in [0.25, 0.3) is 0 Å². The predicted octanol–water partition coefficient (Wildman–Crippen LogP) is 3.29. The number of likely N-dealkylation sites (tertiary alicyclic amines) is 1. The molecule has 0 bridgehead atoms. The zero-order chi connectivity index (χ0) is 22.4. The standard InChI is InChI=1S/C25H32N2O5/c1-19-7-9-21(10-8-19)30-17-25(29-2)11-4-13-27(14-12-25)16-23(28)26-15-20-5-3-6-22-24(20)32-18-31-22/h3,5-10H,4,11-18H2,1-2H3,(H,26,28)/t25-/m0/s1. The van der Waals surface area contributed by atoms with Crippen molar-refractivity contribution in [1.82, 2.24) is 10.2 Å². The summed E-state index contributed by atoms with van der Waals surface area (Å²) in [4.78, 5) is 14.8. The lowest BCUT2D eigenvalue weighted by Gasteiger charge is -2.31. The lowest BCUT2D eigenvalue weighted by molar-refractivity contribution is -0.122. The van der Waals surface area contributed by atoms with Crippen LogP contribution in [0.15, 0.2) is 42.5 Å². The van der Waals surface area contributed by atoms with E-state index in [2.05, 4.69) is 17.1 Å². The molecule has 172 valence electrons. The minimum Gasteiger partial charge on any atom is -0.491 e. The fraction of sp³-hybridized carbons (Fsp3) is 0.480. The highest BCUT2D eigenvalue weighted by Gasteiger charge is 2.34. The van der Waals surface area contributed by atoms with Crippen LogP contribution in [-0.4, -0.2) is 56.6 Å². The second kappa shape index (κ2) is 10.2. The summed E-state index contributed by atoms with van der Waals surface area (Å²) in [5.41, 5.74) is 1.80. The highest BCUT2D eigenvalue weighted by molar-refractivity contribution is 5.78. The zero-order valence-corrected chi connectivity index (χ0v) is 18.9. The molecule has 2 aromatic carbocycles. The monoisotopic (exact) mass is 440 g/mol. The van der Waals surface area contributed by atoms with Gasteiger partial charge in [-0.15, -0.1) is 0 Å². The summed E-state index contributed by atoms with van der Waals surface area (Å²) >= 11 is 0. The molecular weight excluding hydrogens is 408 g/mol. The molecule has 7 heteroatoms. The molecule has 0 radical (unpaired) electrons. The number of ether oxygens (including phenoxy) is 4. The molecule has 4 rings (SSSR count). The fourth-order valence-corrected chi connectivity index (χ4v) is 4.22. The van der Waals surface area contributed by atoms with E-state index < -0.39 is 0 Å². The number of amides is 1. The van der Waals surface area contributed by atoms with Crippen LogP contribution in [0.4, 0.5) is 0 Å². The molecule has 0 aliphatic carbocycles. The Kier molecular flexibility index (Phi) is 7.17. The van der Waals surface area contributed by atoms with E-state index in [4.69, 9.17) is 18.9 Å². The maximum absolute atomic E-state index is 12.6. The van der Waals surface area contributed by atoms with Gasteiger partial charge in [0.1, 0.15) is 18.0 Å². The largest absolute Gasteiger partial charge is 0.491 e. The number of para-hydroxylation sites is 1. The molecule has 1 amide bonds. The molecule has 0 aromatic heterocycles. The average Bonchev–Trinajstić information content (AvgIpc) is 3.20. The third-order valence-electron chi connectivity index (χ3n) is 6.27. The minimum atomic E-state index is -0.335. The third kappa shape index (κ3) is 5.53. The number of hydrogen-bond acceptors (Lipinski definition) is 6. The van der Waals surface area contributed by atoms with Crippen LogP contribution in [0.2, 0.25) is 0 Å². The van der Waals surface area contributed by atoms with Gasteiger partial charge in [-0.25, -0.2) is 0 Å². The number of aryl methyl sites for hydroxylation is 1. The third-order valence-corrected chi connectivity index (χ3v) is 6.27. The maximum atomic E-state index is 12.6. The maximum Gasteiger partial charge on any atom is 0.234 e. The van der Waals surface area contributed by atoms with Crippen LogP contribution in [0, 0.1) is 6.92 Å². The number of methoxy groups -OCH3 is 1. The van der Waals surface area contributed by atoms with E-state index >= 15 is 0 Å². The zero-order valence-electron chi connectivity index (χ0n) is 18.9. The molecule has 2 aliphatic heterocycles. The Morgan fingerprint density at radius 3 is 2.78 bits per heavy atom. The van der Waals surface area contributed by atoms with E-state index in [1.165, 1.54) is 5.56 Å². The number of carbonyl (C=O) groups excluding carboxylic acids is 1. The van der Waals surface area contributed by atoms with Crippen LogP contribution in [0.3, 0.4) is 0 Å². The predicted molar refractivity (Wildman–Crippen MR) is 121 cm³/mol. The fourth-order valence-electron chi connectivity index (χ4n) is 4.22. The van der Waals surface area contributed by atoms with Gasteiger partial charge in [-0.3, -0.25) is 9.69 Å². The number of fused-ring (bicyclic) bond motifs is 1. The van der Waals surface area contributed by atoms with Gasteiger partial charge in [0.15, 0.2) is 11.5 Å². The number of benzene rings is 2. The molecule has 2 aliphatic rings. The van der Waals surface area contributed by atoms with E-state index in [-0.39, 0.29) is 18.3 Å². The van der Waals surface area contributed by atoms with Crippen molar-refractivity contribution in [2.45, 2.75) is 38.3 Å². The summed E-state index contributed by atoms with van der Waals surface area (Å²) in [6.45, 7) is 5.23. The smallest absolute Gasteiger partial charge is 0.234 e. The van der Waals surface area contributed by atoms with E-state index in [9.17, 15) is 4.79 Å². The van der Waals surface area contributed by atoms with Crippen molar-refractivity contribution in [2.24, 2.45) is 0 Å². The molecule has 1 saturated heterocycles. The lowest BCUT2D eigenvalue weighted by Crippen LogP contribution is -2.41. The summed E-state index contributed by atoms with van der Waals surface area (Å²) in [7, 11) is 1.75. The molecule has 0 unspecified atom stereocenters. The molecule has 0 spiro atoms. The van der Waals surface area contributed by atoms with E-state index in [0.717, 1.165) is 55.2 Å². The Balaban J connectivity index is 1.26. The highest BCUT2D eigenvalue weighted by atomic mass is 16.7. The van der Waals surface area contributed by atoms with Crippen molar-refractivity contribution in [3.63, 3.8) is 0 Å². The van der Waals surface area contributed by atoms with Crippen molar-refractivity contribution in [3.05, 3.63) is 53.6 Å². The molecule has 0 saturated carbocycles. The summed E-state index contributed by atoms with van der Waals surface area (Å²) in [5.74, 6) is 2.31. The Morgan fingerprint density at radius 1 is 1.12 bits per heavy atom. The number of carbonyl (C=O) groups is 1. The quantitative estimate of drug-likeness (QED) is 0.679. The summed E-state index contributed by atoms with van der Waals surface area (Å²) < 4.78 is 22.9. The number of nitrogens with zero attached hydrogens (tertiary/aromatic N) is 1. The van der Waals surface area contributed by atoms with Crippen molar-refractivity contribution in [3.8, 4) is 17.2 Å². The van der Waals surface area contributed by atoms with Crippen LogP contribution in [0.5, 0.6) is 17.2 Å². The molecule has 2 heterocycles. The Labute approximate surface area is 189 Å². The second-order valence-electron chi connectivity index (χ2n) is 8.55. The van der Waals surface area contributed by atoms with Crippen molar-refractivity contribution < 1.29 is 23.7 Å². The van der Waals surface area contributed by atoms with Gasteiger partial charge in [0, 0.05) is 25.8 Å². The van der Waals surface area contributed by atoms with Crippen molar-refractivity contribution in [2.75, 3.05) is 40.1 Å². The van der Waals surface area contributed by atoms with Gasteiger partial charge in [-0.05, 0) is 50.9 Å². The first-order valence-corrected chi connectivity index (χ1v) is 11.2. The van der Waals surface area contributed by atoms with Crippen LogP contribution >= 0.6 is 0 Å². The molecule has 7 nitrogen and oxygen atoms in total. The molecule has 1 fully saturated rings. The molecule has 2 aromatic rings. The summed E-state index contributed by atoms with van der Waals surface area (Å²) in [6, 6.07) is 13.8. The SMILES string of the molecule is CO[C@@]1(COc2ccc(C)cc2)CCCN(CC(=O)NCc2cccc3c2OCO3)CC1. The lowest BCUT2D eigenvalue weighted by atomic mass is 9.95. The molecule has 32 heavy (non-hydrogen) atoms. The Hall–Kier alpha value is -2.77. The summed E-state index contributed by atoms with van der Waals surface area (Å²) in [6.07, 6.45) is 2.68. The topological polar surface area (TPSA) is 69.3 Å². The summed E-state index contributed by atoms with van der Waals surface area (Å²) in [5, 5.41) is 3.01. The molecule has 1 N–H and O–H groups in total. The Morgan fingerprint density at radius 2 is 1.97 bits per heavy atom. The van der Waals surface area contributed by atoms with E-state index in [0.29, 0.717) is 19.7 Å². The molecule has 1 atom stereocenters. The highest BCUT2D eigenvalue weighted by Crippen LogP contribution is 2.35. The number of nitrogens with one attached hydrogen (secondary N) is 1.